The average molecular weight is 377 g/mol. The average Bonchev–Trinajstić information content (AvgIpc) is 2.63. The lowest BCUT2D eigenvalue weighted by Crippen LogP contribution is -2.42. The van der Waals surface area contributed by atoms with Crippen molar-refractivity contribution in [2.75, 3.05) is 30.3 Å². The third-order valence-electron chi connectivity index (χ3n) is 4.55. The van der Waals surface area contributed by atoms with Crippen LogP contribution in [0.1, 0.15) is 12.8 Å². The Morgan fingerprint density at radius 3 is 2.48 bits per heavy atom. The molecule has 144 valence electrons. The zero-order valence-electron chi connectivity index (χ0n) is 14.9. The Labute approximate surface area is 155 Å². The standard InChI is InChI=1S/C18H21F2N5O2/c1-24-17(26)3-2-16(23-24)22-18(27)25-6-4-12(5-7-25)11-21-15-9-13(19)8-14(20)10-15/h2-3,8-10,12,21H,4-7,11H2,1H3,(H,22,23,27). The number of nitrogens with zero attached hydrogens (tertiary/aromatic N) is 3. The smallest absolute Gasteiger partial charge is 0.323 e. The van der Waals surface area contributed by atoms with Gasteiger partial charge in [-0.05, 0) is 37.0 Å². The molecule has 1 fully saturated rings. The summed E-state index contributed by atoms with van der Waals surface area (Å²) in [5, 5.41) is 9.71. The molecule has 27 heavy (non-hydrogen) atoms. The van der Waals surface area contributed by atoms with Gasteiger partial charge in [-0.3, -0.25) is 10.1 Å². The molecule has 2 heterocycles. The molecule has 2 amide bonds. The summed E-state index contributed by atoms with van der Waals surface area (Å²) in [5.74, 6) is -0.609. The first-order valence-electron chi connectivity index (χ1n) is 8.71. The zero-order valence-corrected chi connectivity index (χ0v) is 14.9. The van der Waals surface area contributed by atoms with Gasteiger partial charge in [0.1, 0.15) is 11.6 Å². The first-order chi connectivity index (χ1) is 12.9. The number of hydrogen-bond acceptors (Lipinski definition) is 4. The summed E-state index contributed by atoms with van der Waals surface area (Å²) in [7, 11) is 1.51. The highest BCUT2D eigenvalue weighted by atomic mass is 19.1. The molecule has 0 saturated carbocycles. The van der Waals surface area contributed by atoms with E-state index >= 15 is 0 Å². The molecule has 0 atom stereocenters. The van der Waals surface area contributed by atoms with Gasteiger partial charge in [-0.25, -0.2) is 18.3 Å². The summed E-state index contributed by atoms with van der Waals surface area (Å²) >= 11 is 0. The number of aromatic nitrogens is 2. The van der Waals surface area contributed by atoms with Crippen LogP contribution >= 0.6 is 0 Å². The number of anilines is 2. The Bertz CT molecular complexity index is 858. The highest BCUT2D eigenvalue weighted by Gasteiger charge is 2.23. The molecule has 1 aromatic carbocycles. The summed E-state index contributed by atoms with van der Waals surface area (Å²) in [4.78, 5) is 25.3. The van der Waals surface area contributed by atoms with Crippen LogP contribution in [0.4, 0.5) is 25.1 Å². The van der Waals surface area contributed by atoms with Crippen LogP contribution < -0.4 is 16.2 Å². The fourth-order valence-corrected chi connectivity index (χ4v) is 3.02. The zero-order chi connectivity index (χ0) is 19.4. The number of benzene rings is 1. The van der Waals surface area contributed by atoms with Gasteiger partial charge in [-0.1, -0.05) is 0 Å². The number of halogens is 2. The molecule has 0 unspecified atom stereocenters. The van der Waals surface area contributed by atoms with Gasteiger partial charge >= 0.3 is 6.03 Å². The van der Waals surface area contributed by atoms with Crippen LogP contribution in [0.3, 0.4) is 0 Å². The molecule has 7 nitrogen and oxygen atoms in total. The van der Waals surface area contributed by atoms with Crippen LogP contribution in [-0.2, 0) is 7.05 Å². The fourth-order valence-electron chi connectivity index (χ4n) is 3.02. The van der Waals surface area contributed by atoms with Gasteiger partial charge < -0.3 is 10.2 Å². The number of piperidine rings is 1. The molecule has 1 saturated heterocycles. The van der Waals surface area contributed by atoms with Gasteiger partial charge in [0.25, 0.3) is 5.56 Å². The van der Waals surface area contributed by atoms with Crippen LogP contribution in [0.15, 0.2) is 35.1 Å². The van der Waals surface area contributed by atoms with E-state index in [9.17, 15) is 18.4 Å². The number of nitrogens with one attached hydrogen (secondary N) is 2. The highest BCUT2D eigenvalue weighted by molar-refractivity contribution is 5.88. The molecule has 0 aliphatic carbocycles. The molecular formula is C18H21F2N5O2. The minimum atomic E-state index is -0.615. The van der Waals surface area contributed by atoms with Crippen molar-refractivity contribution in [3.05, 3.63) is 52.3 Å². The van der Waals surface area contributed by atoms with Crippen LogP contribution in [0, 0.1) is 17.6 Å². The van der Waals surface area contributed by atoms with Crippen molar-refractivity contribution in [1.82, 2.24) is 14.7 Å². The lowest BCUT2D eigenvalue weighted by atomic mass is 9.97. The number of urea groups is 1. The van der Waals surface area contributed by atoms with Crippen molar-refractivity contribution < 1.29 is 13.6 Å². The van der Waals surface area contributed by atoms with E-state index in [0.29, 0.717) is 37.1 Å². The molecule has 9 heteroatoms. The van der Waals surface area contributed by atoms with E-state index in [0.717, 1.165) is 23.6 Å². The molecule has 1 aromatic heterocycles. The Balaban J connectivity index is 1.47. The highest BCUT2D eigenvalue weighted by Crippen LogP contribution is 2.20. The van der Waals surface area contributed by atoms with Gasteiger partial charge in [-0.15, -0.1) is 0 Å². The summed E-state index contributed by atoms with van der Waals surface area (Å²) < 4.78 is 27.6. The van der Waals surface area contributed by atoms with E-state index in [1.165, 1.54) is 31.3 Å². The summed E-state index contributed by atoms with van der Waals surface area (Å²) in [6.07, 6.45) is 1.55. The van der Waals surface area contributed by atoms with Crippen molar-refractivity contribution in [2.45, 2.75) is 12.8 Å². The first kappa shape index (κ1) is 18.8. The molecule has 0 radical (unpaired) electrons. The Kier molecular flexibility index (Phi) is 5.68. The topological polar surface area (TPSA) is 79.3 Å². The molecule has 2 N–H and O–H groups in total. The number of aryl methyl sites for hydroxylation is 1. The molecule has 3 rings (SSSR count). The third-order valence-corrected chi connectivity index (χ3v) is 4.55. The van der Waals surface area contributed by atoms with Crippen molar-refractivity contribution in [2.24, 2.45) is 13.0 Å². The monoisotopic (exact) mass is 377 g/mol. The number of carbonyl (C=O) groups is 1. The predicted molar refractivity (Wildman–Crippen MR) is 97.6 cm³/mol. The third kappa shape index (κ3) is 5.02. The Morgan fingerprint density at radius 1 is 1.19 bits per heavy atom. The SMILES string of the molecule is Cn1nc(NC(=O)N2CCC(CNc3cc(F)cc(F)c3)CC2)ccc1=O. The van der Waals surface area contributed by atoms with Crippen LogP contribution in [0.25, 0.3) is 0 Å². The van der Waals surface area contributed by atoms with Crippen molar-refractivity contribution in [3.63, 3.8) is 0 Å². The lowest BCUT2D eigenvalue weighted by Gasteiger charge is -2.32. The second kappa shape index (κ2) is 8.15. The molecule has 1 aliphatic rings. The van der Waals surface area contributed by atoms with Gasteiger partial charge in [0.2, 0.25) is 0 Å². The lowest BCUT2D eigenvalue weighted by molar-refractivity contribution is 0.185. The van der Waals surface area contributed by atoms with E-state index in [1.807, 2.05) is 0 Å². The van der Waals surface area contributed by atoms with Gasteiger partial charge in [-0.2, -0.15) is 5.10 Å². The fraction of sp³-hybridized carbons (Fsp3) is 0.389. The molecule has 0 bridgehead atoms. The van der Waals surface area contributed by atoms with Crippen LogP contribution in [0.2, 0.25) is 0 Å². The van der Waals surface area contributed by atoms with Crippen LogP contribution in [-0.4, -0.2) is 40.3 Å². The number of likely N-dealkylation sites (tertiary alicyclic amines) is 1. The molecule has 0 spiro atoms. The summed E-state index contributed by atoms with van der Waals surface area (Å²) in [6.45, 7) is 1.73. The second-order valence-electron chi connectivity index (χ2n) is 6.58. The van der Waals surface area contributed by atoms with Gasteiger partial charge in [0, 0.05) is 44.5 Å². The maximum Gasteiger partial charge on any atom is 0.323 e. The van der Waals surface area contributed by atoms with Crippen molar-refractivity contribution >= 4 is 17.5 Å². The number of amides is 2. The molecule has 2 aromatic rings. The largest absolute Gasteiger partial charge is 0.385 e. The van der Waals surface area contributed by atoms with Gasteiger partial charge in [0.05, 0.1) is 0 Å². The normalized spacial score (nSPS) is 14.9. The van der Waals surface area contributed by atoms with E-state index < -0.39 is 11.6 Å². The molecule has 1 aliphatic heterocycles. The minimum absolute atomic E-state index is 0.250. The first-order valence-corrected chi connectivity index (χ1v) is 8.71. The van der Waals surface area contributed by atoms with E-state index in [2.05, 4.69) is 15.7 Å². The second-order valence-corrected chi connectivity index (χ2v) is 6.58. The van der Waals surface area contributed by atoms with E-state index in [1.54, 1.807) is 4.90 Å². The number of carbonyl (C=O) groups excluding carboxylic acids is 1. The minimum Gasteiger partial charge on any atom is -0.385 e. The van der Waals surface area contributed by atoms with Crippen molar-refractivity contribution in [3.8, 4) is 0 Å². The molecular weight excluding hydrogens is 356 g/mol. The Hall–Kier alpha value is -2.97. The van der Waals surface area contributed by atoms with Gasteiger partial charge in [0.15, 0.2) is 5.82 Å². The Morgan fingerprint density at radius 2 is 1.85 bits per heavy atom. The number of hydrogen-bond donors (Lipinski definition) is 2. The quantitative estimate of drug-likeness (QED) is 0.858. The predicted octanol–water partition coefficient (Wildman–Crippen LogP) is 2.41. The maximum atomic E-state index is 13.2. The van der Waals surface area contributed by atoms with E-state index in [-0.39, 0.29) is 11.6 Å². The maximum absolute atomic E-state index is 13.2. The van der Waals surface area contributed by atoms with Crippen molar-refractivity contribution in [1.29, 1.82) is 0 Å². The summed E-state index contributed by atoms with van der Waals surface area (Å²) in [6, 6.07) is 5.89. The number of rotatable bonds is 4. The van der Waals surface area contributed by atoms with Crippen LogP contribution in [0.5, 0.6) is 0 Å². The van der Waals surface area contributed by atoms with E-state index in [4.69, 9.17) is 0 Å². The summed E-state index contributed by atoms with van der Waals surface area (Å²) in [5.41, 5.74) is 0.160.